The molecule has 4 rings (SSSR count). The molecular formula is C24H25NO5S. The maximum atomic E-state index is 13.5. The number of piperidine rings is 1. The number of hydrogen-bond donors (Lipinski definition) is 1. The molecule has 0 saturated carbocycles. The predicted molar refractivity (Wildman–Crippen MR) is 118 cm³/mol. The lowest BCUT2D eigenvalue weighted by Crippen LogP contribution is -2.35. The van der Waals surface area contributed by atoms with E-state index in [-0.39, 0.29) is 15.7 Å². The van der Waals surface area contributed by atoms with Gasteiger partial charge in [0.05, 0.1) is 22.8 Å². The van der Waals surface area contributed by atoms with E-state index in [1.165, 1.54) is 0 Å². The minimum absolute atomic E-state index is 0.220. The Labute approximate surface area is 182 Å². The third-order valence-electron chi connectivity index (χ3n) is 5.89. The molecule has 3 aromatic carbocycles. The van der Waals surface area contributed by atoms with E-state index >= 15 is 0 Å². The Bertz CT molecular complexity index is 1200. The molecule has 1 aliphatic rings. The summed E-state index contributed by atoms with van der Waals surface area (Å²) >= 11 is 0. The van der Waals surface area contributed by atoms with E-state index in [2.05, 4.69) is 4.90 Å². The summed E-state index contributed by atoms with van der Waals surface area (Å²) < 4.78 is 32.1. The Morgan fingerprint density at radius 3 is 2.39 bits per heavy atom. The van der Waals surface area contributed by atoms with Gasteiger partial charge in [-0.25, -0.2) is 8.42 Å². The lowest BCUT2D eigenvalue weighted by molar-refractivity contribution is -0.143. The van der Waals surface area contributed by atoms with Crippen LogP contribution in [0.5, 0.6) is 5.75 Å². The molecule has 0 aliphatic carbocycles. The Kier molecular flexibility index (Phi) is 5.98. The first kappa shape index (κ1) is 21.3. The van der Waals surface area contributed by atoms with Gasteiger partial charge in [-0.2, -0.15) is 0 Å². The summed E-state index contributed by atoms with van der Waals surface area (Å²) in [5.41, 5.74) is 0.902. The van der Waals surface area contributed by atoms with E-state index in [0.717, 1.165) is 10.9 Å². The van der Waals surface area contributed by atoms with Crippen molar-refractivity contribution < 1.29 is 23.1 Å². The van der Waals surface area contributed by atoms with E-state index in [0.29, 0.717) is 43.6 Å². The molecule has 1 heterocycles. The van der Waals surface area contributed by atoms with E-state index in [1.807, 2.05) is 30.3 Å². The molecule has 1 N–H and O–H groups in total. The highest BCUT2D eigenvalue weighted by atomic mass is 32.2. The third-order valence-corrected chi connectivity index (χ3v) is 7.70. The first-order chi connectivity index (χ1) is 14.9. The Balaban J connectivity index is 1.69. The largest absolute Gasteiger partial charge is 0.497 e. The number of carboxylic acids is 1. The first-order valence-corrected chi connectivity index (χ1v) is 11.7. The SMILES string of the molecule is COc1ccc(S(=O)(=O)c2cc(CN3CCC(C(=O)O)CC3)cc3ccccc23)cc1. The summed E-state index contributed by atoms with van der Waals surface area (Å²) in [7, 11) is -2.18. The summed E-state index contributed by atoms with van der Waals surface area (Å²) in [5, 5.41) is 10.8. The van der Waals surface area contributed by atoms with Gasteiger partial charge in [0.1, 0.15) is 5.75 Å². The quantitative estimate of drug-likeness (QED) is 0.626. The fourth-order valence-electron chi connectivity index (χ4n) is 4.13. The second-order valence-corrected chi connectivity index (χ2v) is 9.80. The molecule has 0 amide bonds. The molecule has 0 radical (unpaired) electrons. The van der Waals surface area contributed by atoms with Gasteiger partial charge in [0.25, 0.3) is 0 Å². The van der Waals surface area contributed by atoms with Gasteiger partial charge in [-0.15, -0.1) is 0 Å². The van der Waals surface area contributed by atoms with Gasteiger partial charge in [-0.1, -0.05) is 24.3 Å². The number of aliphatic carboxylic acids is 1. The van der Waals surface area contributed by atoms with Crippen molar-refractivity contribution in [1.29, 1.82) is 0 Å². The molecule has 7 heteroatoms. The smallest absolute Gasteiger partial charge is 0.306 e. The van der Waals surface area contributed by atoms with Gasteiger partial charge in [-0.3, -0.25) is 9.69 Å². The van der Waals surface area contributed by atoms with Gasteiger partial charge >= 0.3 is 5.97 Å². The number of carboxylic acid groups (broad SMARTS) is 1. The molecule has 0 atom stereocenters. The zero-order valence-electron chi connectivity index (χ0n) is 17.3. The van der Waals surface area contributed by atoms with E-state index in [4.69, 9.17) is 4.74 Å². The predicted octanol–water partition coefficient (Wildman–Crippen LogP) is 3.98. The normalized spacial score (nSPS) is 15.8. The number of carbonyl (C=O) groups is 1. The molecule has 0 spiro atoms. The molecule has 3 aromatic rings. The first-order valence-electron chi connectivity index (χ1n) is 10.2. The molecule has 0 unspecified atom stereocenters. The fourth-order valence-corrected chi connectivity index (χ4v) is 5.66. The minimum Gasteiger partial charge on any atom is -0.497 e. The van der Waals surface area contributed by atoms with Crippen LogP contribution in [0.3, 0.4) is 0 Å². The summed E-state index contributed by atoms with van der Waals surface area (Å²) in [6.07, 6.45) is 1.22. The van der Waals surface area contributed by atoms with Gasteiger partial charge in [-0.05, 0) is 73.3 Å². The van der Waals surface area contributed by atoms with Crippen LogP contribution in [0, 0.1) is 5.92 Å². The molecule has 1 aliphatic heterocycles. The fraction of sp³-hybridized carbons (Fsp3) is 0.292. The van der Waals surface area contributed by atoms with Crippen LogP contribution in [-0.4, -0.2) is 44.6 Å². The average Bonchev–Trinajstić information content (AvgIpc) is 2.79. The highest BCUT2D eigenvalue weighted by Gasteiger charge is 2.26. The van der Waals surface area contributed by atoms with Crippen LogP contribution >= 0.6 is 0 Å². The average molecular weight is 440 g/mol. The second-order valence-electron chi connectivity index (χ2n) is 7.88. The molecule has 0 aromatic heterocycles. The Morgan fingerprint density at radius 2 is 1.74 bits per heavy atom. The topological polar surface area (TPSA) is 83.9 Å². The van der Waals surface area contributed by atoms with Crippen LogP contribution in [-0.2, 0) is 21.2 Å². The number of benzene rings is 3. The number of likely N-dealkylation sites (tertiary alicyclic amines) is 1. The molecule has 0 bridgehead atoms. The zero-order chi connectivity index (χ0) is 22.0. The number of methoxy groups -OCH3 is 1. The molecule has 6 nitrogen and oxygen atoms in total. The van der Waals surface area contributed by atoms with Crippen molar-refractivity contribution >= 4 is 26.6 Å². The number of hydrogen-bond acceptors (Lipinski definition) is 5. The lowest BCUT2D eigenvalue weighted by atomic mass is 9.96. The summed E-state index contributed by atoms with van der Waals surface area (Å²) in [6.45, 7) is 1.96. The molecule has 31 heavy (non-hydrogen) atoms. The maximum absolute atomic E-state index is 13.5. The molecule has 1 fully saturated rings. The van der Waals surface area contributed by atoms with Crippen molar-refractivity contribution in [3.8, 4) is 5.75 Å². The van der Waals surface area contributed by atoms with E-state index in [1.54, 1.807) is 37.4 Å². The number of fused-ring (bicyclic) bond motifs is 1. The highest BCUT2D eigenvalue weighted by molar-refractivity contribution is 7.91. The van der Waals surface area contributed by atoms with Crippen molar-refractivity contribution in [2.45, 2.75) is 29.2 Å². The Hall–Kier alpha value is -2.90. The van der Waals surface area contributed by atoms with Crippen LogP contribution in [0.25, 0.3) is 10.8 Å². The van der Waals surface area contributed by atoms with E-state index < -0.39 is 15.8 Å². The molecular weight excluding hydrogens is 414 g/mol. The Morgan fingerprint density at radius 1 is 1.06 bits per heavy atom. The number of sulfone groups is 1. The van der Waals surface area contributed by atoms with Crippen molar-refractivity contribution in [1.82, 2.24) is 4.90 Å². The lowest BCUT2D eigenvalue weighted by Gasteiger charge is -2.30. The van der Waals surface area contributed by atoms with Crippen molar-refractivity contribution in [3.05, 3.63) is 66.2 Å². The van der Waals surface area contributed by atoms with Crippen molar-refractivity contribution in [3.63, 3.8) is 0 Å². The maximum Gasteiger partial charge on any atom is 0.306 e. The standard InChI is InChI=1S/C24H25NO5S/c1-30-20-6-8-21(9-7-20)31(28,29)23-15-17(14-19-4-2-3-5-22(19)23)16-25-12-10-18(11-13-25)24(26)27/h2-9,14-15,18H,10-13,16H2,1H3,(H,26,27). The van der Waals surface area contributed by atoms with Crippen molar-refractivity contribution in [2.24, 2.45) is 5.92 Å². The molecule has 1 saturated heterocycles. The number of nitrogens with zero attached hydrogens (tertiary/aromatic N) is 1. The van der Waals surface area contributed by atoms with Gasteiger partial charge in [0, 0.05) is 11.9 Å². The number of rotatable bonds is 6. The molecule has 162 valence electrons. The van der Waals surface area contributed by atoms with Crippen LogP contribution < -0.4 is 4.74 Å². The minimum atomic E-state index is -3.73. The van der Waals surface area contributed by atoms with Gasteiger partial charge < -0.3 is 9.84 Å². The van der Waals surface area contributed by atoms with Gasteiger partial charge in [0.15, 0.2) is 0 Å². The van der Waals surface area contributed by atoms with E-state index in [9.17, 15) is 18.3 Å². The highest BCUT2D eigenvalue weighted by Crippen LogP contribution is 2.31. The van der Waals surface area contributed by atoms with Crippen LogP contribution in [0.1, 0.15) is 18.4 Å². The zero-order valence-corrected chi connectivity index (χ0v) is 18.1. The van der Waals surface area contributed by atoms with Crippen molar-refractivity contribution in [2.75, 3.05) is 20.2 Å². The van der Waals surface area contributed by atoms with Crippen LogP contribution in [0.4, 0.5) is 0 Å². The second kappa shape index (κ2) is 8.69. The van der Waals surface area contributed by atoms with Crippen LogP contribution in [0.2, 0.25) is 0 Å². The van der Waals surface area contributed by atoms with Gasteiger partial charge in [0.2, 0.25) is 9.84 Å². The summed E-state index contributed by atoms with van der Waals surface area (Å²) in [6, 6.07) is 17.7. The summed E-state index contributed by atoms with van der Waals surface area (Å²) in [4.78, 5) is 13.9. The third kappa shape index (κ3) is 4.43. The monoisotopic (exact) mass is 439 g/mol. The number of ether oxygens (including phenoxy) is 1. The van der Waals surface area contributed by atoms with Crippen LogP contribution in [0.15, 0.2) is 70.5 Å². The summed E-state index contributed by atoms with van der Waals surface area (Å²) in [5.74, 6) is -0.431.